The molecule has 20 heavy (non-hydrogen) atoms. The predicted octanol–water partition coefficient (Wildman–Crippen LogP) is 3.25. The van der Waals surface area contributed by atoms with E-state index in [1.54, 1.807) is 0 Å². The van der Waals surface area contributed by atoms with E-state index in [2.05, 4.69) is 36.2 Å². The Morgan fingerprint density at radius 1 is 1.35 bits per heavy atom. The van der Waals surface area contributed by atoms with Gasteiger partial charge in [-0.05, 0) is 44.5 Å². The van der Waals surface area contributed by atoms with Gasteiger partial charge in [-0.2, -0.15) is 0 Å². The van der Waals surface area contributed by atoms with E-state index in [9.17, 15) is 0 Å². The third kappa shape index (κ3) is 5.17. The molecule has 2 rings (SSSR count). The van der Waals surface area contributed by atoms with Gasteiger partial charge in [0.15, 0.2) is 0 Å². The summed E-state index contributed by atoms with van der Waals surface area (Å²) >= 11 is 1.94. The van der Waals surface area contributed by atoms with Crippen LogP contribution in [0.5, 0.6) is 0 Å². The molecule has 1 saturated heterocycles. The first kappa shape index (κ1) is 16.0. The van der Waals surface area contributed by atoms with Crippen LogP contribution in [0.25, 0.3) is 0 Å². The van der Waals surface area contributed by atoms with Crippen LogP contribution in [0.4, 0.5) is 0 Å². The van der Waals surface area contributed by atoms with E-state index in [0.29, 0.717) is 6.10 Å². The largest absolute Gasteiger partial charge is 0.377 e. The highest BCUT2D eigenvalue weighted by Gasteiger charge is 2.18. The Hall–Kier alpha value is -0.420. The summed E-state index contributed by atoms with van der Waals surface area (Å²) in [7, 11) is 0. The van der Waals surface area contributed by atoms with Crippen LogP contribution >= 0.6 is 11.3 Å². The van der Waals surface area contributed by atoms with Gasteiger partial charge in [-0.25, -0.2) is 0 Å². The van der Waals surface area contributed by atoms with Crippen molar-refractivity contribution in [3.8, 4) is 0 Å². The number of nitrogens with one attached hydrogen (secondary N) is 1. The Bertz CT molecular complexity index is 374. The van der Waals surface area contributed by atoms with Crippen LogP contribution in [0, 0.1) is 0 Å². The molecule has 1 N–H and O–H groups in total. The van der Waals surface area contributed by atoms with Crippen molar-refractivity contribution in [2.24, 2.45) is 0 Å². The summed E-state index contributed by atoms with van der Waals surface area (Å²) in [5.41, 5.74) is 0. The summed E-state index contributed by atoms with van der Waals surface area (Å²) in [5, 5.41) is 3.47. The first-order valence-corrected chi connectivity index (χ1v) is 8.75. The molecule has 1 atom stereocenters. The van der Waals surface area contributed by atoms with Crippen LogP contribution in [-0.2, 0) is 17.8 Å². The maximum absolute atomic E-state index is 5.75. The van der Waals surface area contributed by atoms with Crippen LogP contribution in [-0.4, -0.2) is 37.2 Å². The number of thiophene rings is 1. The van der Waals surface area contributed by atoms with Gasteiger partial charge in [0.1, 0.15) is 0 Å². The monoisotopic (exact) mass is 296 g/mol. The standard InChI is InChI=1S/C16H28N2OS/c1-3-9-17-11-15-7-8-16(20-15)13-18(4-2)12-14-6-5-10-19-14/h7-8,14,17H,3-6,9-13H2,1-2H3. The molecule has 1 aromatic heterocycles. The Morgan fingerprint density at radius 2 is 2.20 bits per heavy atom. The summed E-state index contributed by atoms with van der Waals surface area (Å²) in [6, 6.07) is 4.55. The van der Waals surface area contributed by atoms with Crippen molar-refractivity contribution in [1.82, 2.24) is 10.2 Å². The number of likely N-dealkylation sites (N-methyl/N-ethyl adjacent to an activating group) is 1. The van der Waals surface area contributed by atoms with Gasteiger partial charge in [-0.1, -0.05) is 13.8 Å². The van der Waals surface area contributed by atoms with E-state index in [0.717, 1.165) is 39.3 Å². The van der Waals surface area contributed by atoms with Crippen molar-refractivity contribution >= 4 is 11.3 Å². The Kier molecular flexibility index (Phi) is 7.00. The Morgan fingerprint density at radius 3 is 2.90 bits per heavy atom. The van der Waals surface area contributed by atoms with Crippen molar-refractivity contribution in [3.63, 3.8) is 0 Å². The lowest BCUT2D eigenvalue weighted by Gasteiger charge is -2.22. The van der Waals surface area contributed by atoms with Gasteiger partial charge in [0.05, 0.1) is 6.10 Å². The molecule has 0 aromatic carbocycles. The van der Waals surface area contributed by atoms with E-state index in [1.165, 1.54) is 29.0 Å². The summed E-state index contributed by atoms with van der Waals surface area (Å²) in [4.78, 5) is 5.42. The van der Waals surface area contributed by atoms with Crippen molar-refractivity contribution in [2.45, 2.75) is 52.3 Å². The summed E-state index contributed by atoms with van der Waals surface area (Å²) in [6.45, 7) is 10.8. The van der Waals surface area contributed by atoms with Crippen molar-refractivity contribution in [1.29, 1.82) is 0 Å². The van der Waals surface area contributed by atoms with E-state index < -0.39 is 0 Å². The zero-order valence-corrected chi connectivity index (χ0v) is 13.7. The van der Waals surface area contributed by atoms with E-state index in [-0.39, 0.29) is 0 Å². The first-order chi connectivity index (χ1) is 9.81. The van der Waals surface area contributed by atoms with Crippen molar-refractivity contribution in [3.05, 3.63) is 21.9 Å². The number of hydrogen-bond donors (Lipinski definition) is 1. The number of nitrogens with zero attached hydrogens (tertiary/aromatic N) is 1. The second-order valence-electron chi connectivity index (χ2n) is 5.51. The lowest BCUT2D eigenvalue weighted by molar-refractivity contribution is 0.0728. The third-order valence-electron chi connectivity index (χ3n) is 3.76. The molecule has 4 heteroatoms. The lowest BCUT2D eigenvalue weighted by atomic mass is 10.2. The molecular weight excluding hydrogens is 268 g/mol. The molecule has 3 nitrogen and oxygen atoms in total. The highest BCUT2D eigenvalue weighted by atomic mass is 32.1. The number of hydrogen-bond acceptors (Lipinski definition) is 4. The molecule has 1 aliphatic heterocycles. The predicted molar refractivity (Wildman–Crippen MR) is 86.2 cm³/mol. The van der Waals surface area contributed by atoms with Crippen molar-refractivity contribution < 1.29 is 4.74 Å². The molecule has 0 saturated carbocycles. The van der Waals surface area contributed by atoms with Crippen LogP contribution in [0.15, 0.2) is 12.1 Å². The van der Waals surface area contributed by atoms with Gasteiger partial charge < -0.3 is 10.1 Å². The smallest absolute Gasteiger partial charge is 0.0702 e. The highest BCUT2D eigenvalue weighted by molar-refractivity contribution is 7.11. The van der Waals surface area contributed by atoms with Gasteiger partial charge in [0.2, 0.25) is 0 Å². The maximum atomic E-state index is 5.75. The average molecular weight is 296 g/mol. The number of rotatable bonds is 9. The fourth-order valence-corrected chi connectivity index (χ4v) is 3.62. The first-order valence-electron chi connectivity index (χ1n) is 7.94. The summed E-state index contributed by atoms with van der Waals surface area (Å²) < 4.78 is 5.75. The molecule has 114 valence electrons. The van der Waals surface area contributed by atoms with Gasteiger partial charge in [0, 0.05) is 36.0 Å². The Balaban J connectivity index is 1.77. The van der Waals surface area contributed by atoms with Crippen LogP contribution in [0.2, 0.25) is 0 Å². The molecule has 1 aromatic rings. The van der Waals surface area contributed by atoms with E-state index in [4.69, 9.17) is 4.74 Å². The molecule has 1 aliphatic rings. The Labute approximate surface area is 127 Å². The van der Waals surface area contributed by atoms with Crippen LogP contribution in [0.1, 0.15) is 42.9 Å². The van der Waals surface area contributed by atoms with Crippen molar-refractivity contribution in [2.75, 3.05) is 26.2 Å². The second kappa shape index (κ2) is 8.78. The molecule has 2 heterocycles. The molecule has 0 amide bonds. The average Bonchev–Trinajstić information content (AvgIpc) is 3.10. The fraction of sp³-hybridized carbons (Fsp3) is 0.750. The topological polar surface area (TPSA) is 24.5 Å². The van der Waals surface area contributed by atoms with Crippen LogP contribution < -0.4 is 5.32 Å². The van der Waals surface area contributed by atoms with Crippen LogP contribution in [0.3, 0.4) is 0 Å². The summed E-state index contributed by atoms with van der Waals surface area (Å²) in [6.07, 6.45) is 4.12. The second-order valence-corrected chi connectivity index (χ2v) is 6.76. The molecule has 1 fully saturated rings. The normalized spacial score (nSPS) is 19.1. The molecule has 0 aliphatic carbocycles. The van der Waals surface area contributed by atoms with Gasteiger partial charge >= 0.3 is 0 Å². The minimum Gasteiger partial charge on any atom is -0.377 e. The zero-order valence-electron chi connectivity index (χ0n) is 12.9. The van der Waals surface area contributed by atoms with Gasteiger partial charge in [-0.15, -0.1) is 11.3 Å². The highest BCUT2D eigenvalue weighted by Crippen LogP contribution is 2.20. The fourth-order valence-electron chi connectivity index (χ4n) is 2.59. The lowest BCUT2D eigenvalue weighted by Crippen LogP contribution is -2.31. The van der Waals surface area contributed by atoms with E-state index in [1.807, 2.05) is 11.3 Å². The van der Waals surface area contributed by atoms with E-state index >= 15 is 0 Å². The molecular formula is C16H28N2OS. The molecule has 0 bridgehead atoms. The maximum Gasteiger partial charge on any atom is 0.0702 e. The quantitative estimate of drug-likeness (QED) is 0.708. The minimum absolute atomic E-state index is 0.459. The van der Waals surface area contributed by atoms with Gasteiger partial charge in [0.25, 0.3) is 0 Å². The molecule has 1 unspecified atom stereocenters. The third-order valence-corrected chi connectivity index (χ3v) is 4.83. The minimum atomic E-state index is 0.459. The van der Waals surface area contributed by atoms with Gasteiger partial charge in [-0.3, -0.25) is 4.90 Å². The summed E-state index contributed by atoms with van der Waals surface area (Å²) in [5.74, 6) is 0. The SMILES string of the molecule is CCCNCc1ccc(CN(CC)CC2CCCO2)s1. The zero-order chi connectivity index (χ0) is 14.2. The molecule has 0 radical (unpaired) electrons. The molecule has 0 spiro atoms. The number of ether oxygens (including phenoxy) is 1.